The smallest absolute Gasteiger partial charge is 0.266 e. The van der Waals surface area contributed by atoms with Crippen LogP contribution in [-0.2, 0) is 4.79 Å². The second-order valence-electron chi connectivity index (χ2n) is 5.40. The lowest BCUT2D eigenvalue weighted by atomic mass is 10.3. The summed E-state index contributed by atoms with van der Waals surface area (Å²) in [5.74, 6) is 1.42. The van der Waals surface area contributed by atoms with Gasteiger partial charge < -0.3 is 14.2 Å². The van der Waals surface area contributed by atoms with Crippen LogP contribution < -0.4 is 19.5 Å². The predicted molar refractivity (Wildman–Crippen MR) is 103 cm³/mol. The molecule has 0 bridgehead atoms. The third-order valence-corrected chi connectivity index (χ3v) is 4.77. The molecular weight excluding hydrogens is 376 g/mol. The van der Waals surface area contributed by atoms with Crippen molar-refractivity contribution in [1.82, 2.24) is 4.98 Å². The topological polar surface area (TPSA) is 69.7 Å². The molecule has 1 heterocycles. The van der Waals surface area contributed by atoms with E-state index in [0.717, 1.165) is 4.70 Å². The van der Waals surface area contributed by atoms with Crippen molar-refractivity contribution in [1.29, 1.82) is 0 Å². The summed E-state index contributed by atoms with van der Waals surface area (Å²) in [6, 6.07) is 10.5. The molecule has 0 aliphatic rings. The molecule has 6 nitrogen and oxygen atoms in total. The number of methoxy groups -OCH3 is 2. The number of carbonyl (C=O) groups excluding carboxylic acids is 1. The van der Waals surface area contributed by atoms with E-state index in [9.17, 15) is 4.79 Å². The molecule has 0 spiro atoms. The minimum atomic E-state index is -0.704. The number of nitrogens with one attached hydrogen (secondary N) is 1. The van der Waals surface area contributed by atoms with Crippen LogP contribution in [-0.4, -0.2) is 31.2 Å². The maximum Gasteiger partial charge on any atom is 0.266 e. The zero-order valence-corrected chi connectivity index (χ0v) is 16.0. The molecule has 3 aromatic rings. The number of amides is 1. The first kappa shape index (κ1) is 18.3. The number of nitrogens with zero attached hydrogens (tertiary/aromatic N) is 1. The normalized spacial score (nSPS) is 11.8. The summed E-state index contributed by atoms with van der Waals surface area (Å²) in [5, 5.41) is 3.79. The minimum absolute atomic E-state index is 0.303. The average Bonchev–Trinajstić information content (AvgIpc) is 3.01. The van der Waals surface area contributed by atoms with Crippen LogP contribution in [0.5, 0.6) is 17.2 Å². The highest BCUT2D eigenvalue weighted by atomic mass is 35.5. The lowest BCUT2D eigenvalue weighted by molar-refractivity contribution is -0.122. The highest BCUT2D eigenvalue weighted by molar-refractivity contribution is 7.22. The number of halogens is 1. The SMILES string of the molecule is COc1cc2nc(NC(=O)C(C)Oc3cccc(Cl)c3)sc2cc1OC. The average molecular weight is 393 g/mol. The number of benzene rings is 2. The Labute approximate surface area is 159 Å². The molecule has 8 heteroatoms. The number of hydrogen-bond acceptors (Lipinski definition) is 6. The Kier molecular flexibility index (Phi) is 5.49. The van der Waals surface area contributed by atoms with E-state index in [2.05, 4.69) is 10.3 Å². The molecule has 1 amide bonds. The number of ether oxygens (including phenoxy) is 3. The summed E-state index contributed by atoms with van der Waals surface area (Å²) in [5.41, 5.74) is 0.714. The summed E-state index contributed by atoms with van der Waals surface area (Å²) in [4.78, 5) is 16.8. The van der Waals surface area contributed by atoms with Crippen molar-refractivity contribution < 1.29 is 19.0 Å². The van der Waals surface area contributed by atoms with Gasteiger partial charge in [0.05, 0.1) is 24.4 Å². The van der Waals surface area contributed by atoms with Crippen LogP contribution in [0.25, 0.3) is 10.2 Å². The molecule has 136 valence electrons. The van der Waals surface area contributed by atoms with Gasteiger partial charge in [-0.05, 0) is 25.1 Å². The molecule has 2 aromatic carbocycles. The fourth-order valence-corrected chi connectivity index (χ4v) is 3.37. The van der Waals surface area contributed by atoms with E-state index in [4.69, 9.17) is 25.8 Å². The van der Waals surface area contributed by atoms with Gasteiger partial charge in [-0.1, -0.05) is 29.0 Å². The van der Waals surface area contributed by atoms with Crippen molar-refractivity contribution in [2.45, 2.75) is 13.0 Å². The predicted octanol–water partition coefficient (Wildman–Crippen LogP) is 4.37. The van der Waals surface area contributed by atoms with Gasteiger partial charge in [0.25, 0.3) is 5.91 Å². The molecule has 0 saturated carbocycles. The van der Waals surface area contributed by atoms with Crippen molar-refractivity contribution in [3.8, 4) is 17.2 Å². The van der Waals surface area contributed by atoms with E-state index >= 15 is 0 Å². The zero-order chi connectivity index (χ0) is 18.7. The Morgan fingerprint density at radius 3 is 2.62 bits per heavy atom. The summed E-state index contributed by atoms with van der Waals surface area (Å²) < 4.78 is 17.0. The molecule has 0 fully saturated rings. The van der Waals surface area contributed by atoms with Gasteiger partial charge in [-0.25, -0.2) is 4.98 Å². The Bertz CT molecular complexity index is 903. The monoisotopic (exact) mass is 392 g/mol. The summed E-state index contributed by atoms with van der Waals surface area (Å²) >= 11 is 7.27. The summed E-state index contributed by atoms with van der Waals surface area (Å²) in [6.07, 6.45) is -0.704. The first-order valence-corrected chi connectivity index (χ1v) is 8.95. The van der Waals surface area contributed by atoms with Crippen LogP contribution in [0.3, 0.4) is 0 Å². The van der Waals surface area contributed by atoms with Crippen molar-refractivity contribution in [3.05, 3.63) is 41.4 Å². The van der Waals surface area contributed by atoms with Crippen molar-refractivity contribution in [3.63, 3.8) is 0 Å². The van der Waals surface area contributed by atoms with Gasteiger partial charge in [-0.3, -0.25) is 10.1 Å². The number of rotatable bonds is 6. The van der Waals surface area contributed by atoms with E-state index in [1.165, 1.54) is 11.3 Å². The molecule has 1 N–H and O–H groups in total. The second-order valence-corrected chi connectivity index (χ2v) is 6.87. The van der Waals surface area contributed by atoms with Crippen LogP contribution in [0, 0.1) is 0 Å². The van der Waals surface area contributed by atoms with Gasteiger partial charge in [0.15, 0.2) is 22.7 Å². The molecule has 0 aliphatic heterocycles. The van der Waals surface area contributed by atoms with Crippen molar-refractivity contribution in [2.24, 2.45) is 0 Å². The lowest BCUT2D eigenvalue weighted by Gasteiger charge is -2.13. The quantitative estimate of drug-likeness (QED) is 0.674. The Morgan fingerprint density at radius 2 is 1.92 bits per heavy atom. The highest BCUT2D eigenvalue weighted by Crippen LogP contribution is 2.36. The maximum absolute atomic E-state index is 12.4. The number of anilines is 1. The Balaban J connectivity index is 1.74. The molecule has 26 heavy (non-hydrogen) atoms. The van der Waals surface area contributed by atoms with Gasteiger partial charge in [0.1, 0.15) is 5.75 Å². The van der Waals surface area contributed by atoms with Crippen LogP contribution >= 0.6 is 22.9 Å². The summed E-state index contributed by atoms with van der Waals surface area (Å²) in [7, 11) is 3.13. The largest absolute Gasteiger partial charge is 0.493 e. The fraction of sp³-hybridized carbons (Fsp3) is 0.222. The van der Waals surface area contributed by atoms with Gasteiger partial charge >= 0.3 is 0 Å². The molecule has 1 atom stereocenters. The number of fused-ring (bicyclic) bond motifs is 1. The molecule has 0 radical (unpaired) electrons. The molecule has 0 saturated heterocycles. The van der Waals surface area contributed by atoms with E-state index in [1.807, 2.05) is 6.07 Å². The maximum atomic E-state index is 12.4. The van der Waals surface area contributed by atoms with Crippen molar-refractivity contribution >= 4 is 44.2 Å². The van der Waals surface area contributed by atoms with Crippen LogP contribution in [0.4, 0.5) is 5.13 Å². The molecule has 1 unspecified atom stereocenters. The first-order valence-electron chi connectivity index (χ1n) is 7.76. The van der Waals surface area contributed by atoms with Gasteiger partial charge in [0, 0.05) is 17.2 Å². The van der Waals surface area contributed by atoms with Crippen LogP contribution in [0.2, 0.25) is 5.02 Å². The third-order valence-electron chi connectivity index (χ3n) is 3.60. The zero-order valence-electron chi connectivity index (χ0n) is 14.4. The third kappa shape index (κ3) is 4.00. The molecule has 0 aliphatic carbocycles. The lowest BCUT2D eigenvalue weighted by Crippen LogP contribution is -2.30. The Hall–Kier alpha value is -2.51. The van der Waals surface area contributed by atoms with Gasteiger partial charge in [-0.2, -0.15) is 0 Å². The van der Waals surface area contributed by atoms with Gasteiger partial charge in [0.2, 0.25) is 0 Å². The molecule has 1 aromatic heterocycles. The van der Waals surface area contributed by atoms with Gasteiger partial charge in [-0.15, -0.1) is 0 Å². The number of aromatic nitrogens is 1. The summed E-state index contributed by atoms with van der Waals surface area (Å²) in [6.45, 7) is 1.66. The Morgan fingerprint density at radius 1 is 1.19 bits per heavy atom. The van der Waals surface area contributed by atoms with Crippen molar-refractivity contribution in [2.75, 3.05) is 19.5 Å². The standard InChI is InChI=1S/C18H17ClN2O4S/c1-10(25-12-6-4-5-11(19)7-12)17(22)21-18-20-13-8-14(23-2)15(24-3)9-16(13)26-18/h4-10H,1-3H3,(H,20,21,22). The van der Waals surface area contributed by atoms with Crippen LogP contribution in [0.1, 0.15) is 6.92 Å². The number of thiazole rings is 1. The van der Waals surface area contributed by atoms with E-state index in [0.29, 0.717) is 32.9 Å². The fourth-order valence-electron chi connectivity index (χ4n) is 2.31. The highest BCUT2D eigenvalue weighted by Gasteiger charge is 2.18. The van der Waals surface area contributed by atoms with E-state index < -0.39 is 6.10 Å². The number of hydrogen-bond donors (Lipinski definition) is 1. The first-order chi connectivity index (χ1) is 12.5. The number of carbonyl (C=O) groups is 1. The second kappa shape index (κ2) is 7.80. The van der Waals surface area contributed by atoms with E-state index in [1.54, 1.807) is 51.5 Å². The van der Waals surface area contributed by atoms with E-state index in [-0.39, 0.29) is 5.91 Å². The minimum Gasteiger partial charge on any atom is -0.493 e. The molecule has 3 rings (SSSR count). The molecular formula is C18H17ClN2O4S. The van der Waals surface area contributed by atoms with Crippen LogP contribution in [0.15, 0.2) is 36.4 Å².